The highest BCUT2D eigenvalue weighted by atomic mass is 16.6. The molecular weight excluding hydrogens is 456 g/mol. The van der Waals surface area contributed by atoms with E-state index >= 15 is 0 Å². The standard InChI is InChI=1S/C26H40O6.4CH4/c1-6-25(5,15-24(3,4)22(28)31-20-8-9-30-21(20)27)23(29)32-26(7-2)18-11-16-10-17(13-18)14-19(26)12-16;;;;/h16-20H,6-15H2,1-5H3;4*1H4. The maximum atomic E-state index is 13.7. The van der Waals surface area contributed by atoms with Crippen molar-refractivity contribution in [2.45, 2.75) is 134 Å². The van der Waals surface area contributed by atoms with Crippen LogP contribution >= 0.6 is 0 Å². The van der Waals surface area contributed by atoms with Crippen molar-refractivity contribution in [2.75, 3.05) is 6.61 Å². The fourth-order valence-electron chi connectivity index (χ4n) is 7.36. The zero-order chi connectivity index (χ0) is 23.3. The zero-order valence-corrected chi connectivity index (χ0v) is 20.4. The summed E-state index contributed by atoms with van der Waals surface area (Å²) in [5, 5.41) is 0. The molecule has 4 bridgehead atoms. The monoisotopic (exact) mass is 512 g/mol. The third-order valence-corrected chi connectivity index (χ3v) is 9.15. The number of esters is 3. The van der Waals surface area contributed by atoms with Crippen LogP contribution in [0.15, 0.2) is 0 Å². The molecule has 5 fully saturated rings. The van der Waals surface area contributed by atoms with E-state index in [1.165, 1.54) is 32.1 Å². The fourth-order valence-corrected chi connectivity index (χ4v) is 7.36. The summed E-state index contributed by atoms with van der Waals surface area (Å²) < 4.78 is 16.9. The van der Waals surface area contributed by atoms with E-state index < -0.39 is 28.9 Å². The van der Waals surface area contributed by atoms with Gasteiger partial charge in [-0.1, -0.05) is 43.6 Å². The predicted molar refractivity (Wildman–Crippen MR) is 145 cm³/mol. The first kappa shape index (κ1) is 34.4. The maximum Gasteiger partial charge on any atom is 0.347 e. The SMILES string of the molecule is C.C.C.C.CCC(C)(CC(C)(C)C(=O)OC1CCOC1=O)C(=O)OC1(CC)C2CC3CC(C2)CC1C3. The van der Waals surface area contributed by atoms with E-state index in [0.717, 1.165) is 18.3 Å². The Morgan fingerprint density at radius 3 is 1.86 bits per heavy atom. The largest absolute Gasteiger partial charge is 0.463 e. The van der Waals surface area contributed by atoms with E-state index in [1.807, 2.05) is 13.8 Å². The molecule has 6 heteroatoms. The quantitative estimate of drug-likeness (QED) is 0.249. The molecule has 0 spiro atoms. The minimum atomic E-state index is -0.921. The number of carbonyl (C=O) groups excluding carboxylic acids is 3. The van der Waals surface area contributed by atoms with Gasteiger partial charge in [0.25, 0.3) is 0 Å². The molecule has 0 aromatic heterocycles. The van der Waals surface area contributed by atoms with Crippen LogP contribution in [-0.4, -0.2) is 36.2 Å². The summed E-state index contributed by atoms with van der Waals surface area (Å²) in [6.45, 7) is 9.91. The molecule has 1 heterocycles. The molecule has 1 saturated heterocycles. The van der Waals surface area contributed by atoms with Gasteiger partial charge in [0.1, 0.15) is 5.60 Å². The first-order valence-electron chi connectivity index (χ1n) is 12.6. The number of hydrogen-bond acceptors (Lipinski definition) is 6. The molecular formula is C30H56O6. The smallest absolute Gasteiger partial charge is 0.347 e. The Labute approximate surface area is 221 Å². The van der Waals surface area contributed by atoms with Crippen LogP contribution in [0.5, 0.6) is 0 Å². The average Bonchev–Trinajstić information content (AvgIpc) is 3.14. The number of carbonyl (C=O) groups is 3. The minimum absolute atomic E-state index is 0. The normalized spacial score (nSPS) is 33.5. The van der Waals surface area contributed by atoms with Crippen LogP contribution < -0.4 is 0 Å². The number of ether oxygens (including phenoxy) is 3. The van der Waals surface area contributed by atoms with Gasteiger partial charge < -0.3 is 14.2 Å². The molecule has 6 nitrogen and oxygen atoms in total. The Hall–Kier alpha value is -1.59. The molecule has 36 heavy (non-hydrogen) atoms. The van der Waals surface area contributed by atoms with Gasteiger partial charge in [0, 0.05) is 6.42 Å². The second-order valence-corrected chi connectivity index (χ2v) is 11.8. The van der Waals surface area contributed by atoms with Gasteiger partial charge in [-0.2, -0.15) is 0 Å². The van der Waals surface area contributed by atoms with Crippen molar-refractivity contribution in [3.8, 4) is 0 Å². The van der Waals surface area contributed by atoms with Crippen LogP contribution in [0.3, 0.4) is 0 Å². The third-order valence-electron chi connectivity index (χ3n) is 9.15. The van der Waals surface area contributed by atoms with E-state index in [9.17, 15) is 14.4 Å². The van der Waals surface area contributed by atoms with Gasteiger partial charge >= 0.3 is 17.9 Å². The molecule has 1 aliphatic heterocycles. The van der Waals surface area contributed by atoms with Gasteiger partial charge in [0.15, 0.2) is 0 Å². The van der Waals surface area contributed by atoms with Gasteiger partial charge in [-0.3, -0.25) is 9.59 Å². The Morgan fingerprint density at radius 1 is 0.917 bits per heavy atom. The lowest BCUT2D eigenvalue weighted by atomic mass is 9.49. The fraction of sp³-hybridized carbons (Fsp3) is 0.900. The molecule has 2 unspecified atom stereocenters. The Kier molecular flexibility index (Phi) is 11.8. The Bertz CT molecular complexity index is 743. The summed E-state index contributed by atoms with van der Waals surface area (Å²) in [6.07, 6.45) is 7.41. The second kappa shape index (κ2) is 12.3. The first-order valence-corrected chi connectivity index (χ1v) is 12.6. The van der Waals surface area contributed by atoms with Crippen molar-refractivity contribution in [1.29, 1.82) is 0 Å². The molecule has 5 rings (SSSR count). The van der Waals surface area contributed by atoms with Crippen molar-refractivity contribution in [2.24, 2.45) is 34.5 Å². The van der Waals surface area contributed by atoms with E-state index in [-0.39, 0.29) is 47.9 Å². The Morgan fingerprint density at radius 2 is 1.44 bits per heavy atom. The summed E-state index contributed by atoms with van der Waals surface area (Å²) in [4.78, 5) is 38.3. The molecule has 0 N–H and O–H groups in total. The van der Waals surface area contributed by atoms with Crippen LogP contribution in [0.4, 0.5) is 0 Å². The highest BCUT2D eigenvalue weighted by molar-refractivity contribution is 5.84. The number of hydrogen-bond donors (Lipinski definition) is 0. The summed E-state index contributed by atoms with van der Waals surface area (Å²) in [7, 11) is 0. The topological polar surface area (TPSA) is 78.9 Å². The lowest BCUT2D eigenvalue weighted by Gasteiger charge is -2.60. The minimum Gasteiger partial charge on any atom is -0.463 e. The molecule has 0 amide bonds. The second-order valence-electron chi connectivity index (χ2n) is 11.8. The highest BCUT2D eigenvalue weighted by Gasteiger charge is 2.59. The van der Waals surface area contributed by atoms with E-state index in [1.54, 1.807) is 13.8 Å². The molecule has 4 aliphatic carbocycles. The zero-order valence-electron chi connectivity index (χ0n) is 20.4. The van der Waals surface area contributed by atoms with E-state index in [4.69, 9.17) is 14.2 Å². The molecule has 2 atom stereocenters. The van der Waals surface area contributed by atoms with Crippen LogP contribution in [0.25, 0.3) is 0 Å². The number of cyclic esters (lactones) is 1. The third kappa shape index (κ3) is 5.93. The van der Waals surface area contributed by atoms with Crippen LogP contribution in [0, 0.1) is 34.5 Å². The highest BCUT2D eigenvalue weighted by Crippen LogP contribution is 2.61. The van der Waals surface area contributed by atoms with Gasteiger partial charge in [0.2, 0.25) is 6.10 Å². The van der Waals surface area contributed by atoms with Crippen molar-refractivity contribution < 1.29 is 28.6 Å². The lowest BCUT2D eigenvalue weighted by molar-refractivity contribution is -0.220. The van der Waals surface area contributed by atoms with Gasteiger partial charge in [-0.15, -0.1) is 0 Å². The molecule has 5 aliphatic rings. The molecule has 0 radical (unpaired) electrons. The molecule has 4 saturated carbocycles. The van der Waals surface area contributed by atoms with Crippen LogP contribution in [0.1, 0.15) is 122 Å². The average molecular weight is 513 g/mol. The Balaban J connectivity index is 0.00000306. The number of rotatable bonds is 8. The summed E-state index contributed by atoms with van der Waals surface area (Å²) in [5.41, 5.74) is -2.06. The van der Waals surface area contributed by atoms with Crippen LogP contribution in [0.2, 0.25) is 0 Å². The summed E-state index contributed by atoms with van der Waals surface area (Å²) in [6, 6.07) is 0. The van der Waals surface area contributed by atoms with E-state index in [2.05, 4.69) is 6.92 Å². The van der Waals surface area contributed by atoms with Crippen molar-refractivity contribution in [3.63, 3.8) is 0 Å². The summed E-state index contributed by atoms with van der Waals surface area (Å²) >= 11 is 0. The van der Waals surface area contributed by atoms with Crippen molar-refractivity contribution in [3.05, 3.63) is 0 Å². The van der Waals surface area contributed by atoms with Crippen molar-refractivity contribution in [1.82, 2.24) is 0 Å². The van der Waals surface area contributed by atoms with Gasteiger partial charge in [-0.05, 0) is 95.8 Å². The predicted octanol–water partition coefficient (Wildman–Crippen LogP) is 7.37. The van der Waals surface area contributed by atoms with Gasteiger partial charge in [-0.25, -0.2) is 4.79 Å². The maximum absolute atomic E-state index is 13.7. The van der Waals surface area contributed by atoms with Crippen LogP contribution in [-0.2, 0) is 28.6 Å². The summed E-state index contributed by atoms with van der Waals surface area (Å²) in [5.74, 6) is 1.43. The molecule has 212 valence electrons. The lowest BCUT2D eigenvalue weighted by Crippen LogP contribution is -2.60. The first-order chi connectivity index (χ1) is 15.0. The molecule has 0 aromatic carbocycles. The van der Waals surface area contributed by atoms with Gasteiger partial charge in [0.05, 0.1) is 17.4 Å². The van der Waals surface area contributed by atoms with Crippen molar-refractivity contribution >= 4 is 17.9 Å². The van der Waals surface area contributed by atoms with E-state index in [0.29, 0.717) is 31.1 Å². The molecule has 0 aromatic rings.